The maximum absolute atomic E-state index is 10.1. The van der Waals surface area contributed by atoms with Crippen molar-refractivity contribution in [2.24, 2.45) is 0 Å². The van der Waals surface area contributed by atoms with E-state index in [9.17, 15) is 25.9 Å². The SMILES string of the molecule is CCCCCCCCCCCCOS(=O)(=O)[O-].CCCCCCCCCCCCOS(=O)(=O)[O-].[Pt+2]. The average molecular weight is 726 g/mol. The maximum atomic E-state index is 10.1. The molecule has 0 unspecified atom stereocenters. The first-order valence-electron chi connectivity index (χ1n) is 13.3. The Kier molecular flexibility index (Phi) is 33.1. The van der Waals surface area contributed by atoms with Crippen LogP contribution >= 0.6 is 0 Å². The summed E-state index contributed by atoms with van der Waals surface area (Å²) < 4.78 is 68.9. The molecule has 0 spiro atoms. The van der Waals surface area contributed by atoms with Gasteiger partial charge in [0, 0.05) is 0 Å². The molecule has 0 aliphatic heterocycles. The maximum Gasteiger partial charge on any atom is 2.00 e. The van der Waals surface area contributed by atoms with Crippen LogP contribution in [0.3, 0.4) is 0 Å². The van der Waals surface area contributed by atoms with Gasteiger partial charge >= 0.3 is 21.1 Å². The fourth-order valence-electron chi connectivity index (χ4n) is 3.50. The third-order valence-corrected chi connectivity index (χ3v) is 6.36. The monoisotopic (exact) mass is 725 g/mol. The van der Waals surface area contributed by atoms with Crippen molar-refractivity contribution in [1.82, 2.24) is 0 Å². The third-order valence-electron chi connectivity index (χ3n) is 5.45. The van der Waals surface area contributed by atoms with Gasteiger partial charge in [-0.1, -0.05) is 129 Å². The molecule has 35 heavy (non-hydrogen) atoms. The fourth-order valence-corrected chi connectivity index (χ4v) is 4.14. The summed E-state index contributed by atoms with van der Waals surface area (Å²) in [6.45, 7) is 4.49. The van der Waals surface area contributed by atoms with E-state index in [0.717, 1.165) is 25.7 Å². The quantitative estimate of drug-likeness (QED) is 0.0606. The van der Waals surface area contributed by atoms with Crippen molar-refractivity contribution in [3.05, 3.63) is 0 Å². The first-order valence-corrected chi connectivity index (χ1v) is 16.0. The molecule has 0 aromatic heterocycles. The molecule has 216 valence electrons. The predicted molar refractivity (Wildman–Crippen MR) is 135 cm³/mol. The van der Waals surface area contributed by atoms with Crippen LogP contribution in [0, 0.1) is 0 Å². The Morgan fingerprint density at radius 2 is 0.629 bits per heavy atom. The van der Waals surface area contributed by atoms with E-state index in [4.69, 9.17) is 0 Å². The van der Waals surface area contributed by atoms with Crippen LogP contribution in [0.4, 0.5) is 0 Å². The van der Waals surface area contributed by atoms with Crippen molar-refractivity contribution in [2.75, 3.05) is 13.2 Å². The summed E-state index contributed by atoms with van der Waals surface area (Å²) in [5, 5.41) is 0. The molecule has 0 aromatic rings. The van der Waals surface area contributed by atoms with E-state index in [1.165, 1.54) is 89.9 Å². The van der Waals surface area contributed by atoms with E-state index in [2.05, 4.69) is 22.2 Å². The smallest absolute Gasteiger partial charge is 0.726 e. The Morgan fingerprint density at radius 1 is 0.429 bits per heavy atom. The van der Waals surface area contributed by atoms with Gasteiger partial charge in [0.05, 0.1) is 13.2 Å². The molecular weight excluding hydrogens is 675 g/mol. The summed E-state index contributed by atoms with van der Waals surface area (Å²) in [5.74, 6) is 0. The molecule has 0 heterocycles. The van der Waals surface area contributed by atoms with Gasteiger partial charge in [-0.05, 0) is 12.8 Å². The van der Waals surface area contributed by atoms with Gasteiger partial charge in [0.2, 0.25) is 20.8 Å². The summed E-state index contributed by atoms with van der Waals surface area (Å²) in [6.07, 6.45) is 23.4. The van der Waals surface area contributed by atoms with Crippen molar-refractivity contribution in [1.29, 1.82) is 0 Å². The number of hydrogen-bond donors (Lipinski definition) is 0. The first-order chi connectivity index (χ1) is 16.1. The van der Waals surface area contributed by atoms with Gasteiger partial charge in [0.15, 0.2) is 0 Å². The van der Waals surface area contributed by atoms with Crippen LogP contribution in [0.15, 0.2) is 0 Å². The zero-order chi connectivity index (χ0) is 26.0. The van der Waals surface area contributed by atoms with Crippen molar-refractivity contribution < 1.29 is 55.4 Å². The molecule has 0 bridgehead atoms. The van der Waals surface area contributed by atoms with Gasteiger partial charge in [-0.2, -0.15) is 0 Å². The topological polar surface area (TPSA) is 133 Å². The molecule has 0 atom stereocenters. The van der Waals surface area contributed by atoms with Gasteiger partial charge in [-0.3, -0.25) is 8.37 Å². The molecule has 0 fully saturated rings. The van der Waals surface area contributed by atoms with Crippen LogP contribution < -0.4 is 0 Å². The molecule has 8 nitrogen and oxygen atoms in total. The van der Waals surface area contributed by atoms with Crippen LogP contribution in [-0.4, -0.2) is 39.2 Å². The van der Waals surface area contributed by atoms with Crippen LogP contribution in [0.2, 0.25) is 0 Å². The molecule has 0 aliphatic rings. The van der Waals surface area contributed by atoms with Gasteiger partial charge in [0.25, 0.3) is 0 Å². The second-order valence-electron chi connectivity index (χ2n) is 8.82. The second kappa shape index (κ2) is 29.0. The molecule has 0 rings (SSSR count). The van der Waals surface area contributed by atoms with Crippen LogP contribution in [0.1, 0.15) is 142 Å². The Balaban J connectivity index is -0.000000569. The van der Waals surface area contributed by atoms with E-state index in [1.807, 2.05) is 0 Å². The van der Waals surface area contributed by atoms with Gasteiger partial charge in [-0.15, -0.1) is 0 Å². The molecule has 0 saturated carbocycles. The number of unbranched alkanes of at least 4 members (excludes halogenated alkanes) is 18. The minimum atomic E-state index is -4.48. The number of rotatable bonds is 24. The summed E-state index contributed by atoms with van der Waals surface area (Å²) in [6, 6.07) is 0. The van der Waals surface area contributed by atoms with Gasteiger partial charge in [-0.25, -0.2) is 16.8 Å². The second-order valence-corrected chi connectivity index (χ2v) is 10.9. The fraction of sp³-hybridized carbons (Fsp3) is 1.00. The molecule has 11 heteroatoms. The minimum absolute atomic E-state index is 0. The normalized spacial score (nSPS) is 11.5. The molecular formula is C24H50O8PtS2. The largest absolute Gasteiger partial charge is 2.00 e. The molecule has 0 aromatic carbocycles. The molecule has 0 saturated heterocycles. The predicted octanol–water partition coefficient (Wildman–Crippen LogP) is 6.77. The standard InChI is InChI=1S/2C12H26O4S.Pt/c2*1-2-3-4-5-6-7-8-9-10-11-12-16-17(13,14)15;/h2*2-12H2,1H3,(H,13,14,15);/q;;+2/p-2. The summed E-state index contributed by atoms with van der Waals surface area (Å²) >= 11 is 0. The van der Waals surface area contributed by atoms with Gasteiger partial charge < -0.3 is 9.11 Å². The zero-order valence-corrected chi connectivity index (χ0v) is 25.9. The Morgan fingerprint density at radius 3 is 0.829 bits per heavy atom. The molecule has 0 N–H and O–H groups in total. The van der Waals surface area contributed by atoms with Gasteiger partial charge in [0.1, 0.15) is 0 Å². The van der Waals surface area contributed by atoms with E-state index in [1.54, 1.807) is 0 Å². The van der Waals surface area contributed by atoms with Crippen molar-refractivity contribution in [3.8, 4) is 0 Å². The van der Waals surface area contributed by atoms with Crippen LogP contribution in [-0.2, 0) is 50.2 Å². The van der Waals surface area contributed by atoms with Crippen molar-refractivity contribution in [2.45, 2.75) is 142 Å². The van der Waals surface area contributed by atoms with E-state index in [0.29, 0.717) is 12.8 Å². The summed E-state index contributed by atoms with van der Waals surface area (Å²) in [5.41, 5.74) is 0. The number of hydrogen-bond acceptors (Lipinski definition) is 8. The van der Waals surface area contributed by atoms with Crippen molar-refractivity contribution in [3.63, 3.8) is 0 Å². The summed E-state index contributed by atoms with van der Waals surface area (Å²) in [7, 11) is -8.97. The minimum Gasteiger partial charge on any atom is -0.726 e. The molecule has 0 amide bonds. The first kappa shape index (κ1) is 39.9. The van der Waals surface area contributed by atoms with E-state index >= 15 is 0 Å². The Labute approximate surface area is 230 Å². The van der Waals surface area contributed by atoms with Crippen molar-refractivity contribution >= 4 is 20.8 Å². The molecule has 0 radical (unpaired) electrons. The average Bonchev–Trinajstić information content (AvgIpc) is 2.75. The van der Waals surface area contributed by atoms with E-state index < -0.39 is 20.8 Å². The molecule has 0 aliphatic carbocycles. The Bertz CT molecular complexity index is 559. The van der Waals surface area contributed by atoms with E-state index in [-0.39, 0.29) is 34.3 Å². The van der Waals surface area contributed by atoms with Crippen LogP contribution in [0.5, 0.6) is 0 Å². The third kappa shape index (κ3) is 44.8. The zero-order valence-electron chi connectivity index (χ0n) is 22.0. The Hall–Kier alpha value is 0.428. The van der Waals surface area contributed by atoms with Crippen LogP contribution in [0.25, 0.3) is 0 Å². The summed E-state index contributed by atoms with van der Waals surface area (Å²) in [4.78, 5) is 0.